The van der Waals surface area contributed by atoms with Crippen LogP contribution in [0.3, 0.4) is 0 Å². The van der Waals surface area contributed by atoms with Crippen LogP contribution >= 0.6 is 11.6 Å². The van der Waals surface area contributed by atoms with Crippen LogP contribution in [0.25, 0.3) is 0 Å². The first kappa shape index (κ1) is 27.5. The van der Waals surface area contributed by atoms with Crippen molar-refractivity contribution in [1.82, 2.24) is 10.6 Å². The van der Waals surface area contributed by atoms with Gasteiger partial charge in [-0.1, -0.05) is 11.6 Å². The second-order valence-electron chi connectivity index (χ2n) is 7.95. The Morgan fingerprint density at radius 1 is 1.00 bits per heavy atom. The Hall–Kier alpha value is -3.06. The number of carbonyl (C=O) groups excluding carboxylic acids is 2. The number of piperidine rings is 1. The van der Waals surface area contributed by atoms with Crippen molar-refractivity contribution in [3.8, 4) is 5.75 Å². The first-order valence-electron chi connectivity index (χ1n) is 10.4. The van der Waals surface area contributed by atoms with Gasteiger partial charge in [0.25, 0.3) is 5.91 Å². The molecule has 1 aliphatic rings. The minimum atomic E-state index is -5.04. The summed E-state index contributed by atoms with van der Waals surface area (Å²) in [5.41, 5.74) is -3.73. The maximum Gasteiger partial charge on any atom is 0.416 e. The van der Waals surface area contributed by atoms with E-state index in [0.29, 0.717) is 18.6 Å². The van der Waals surface area contributed by atoms with Gasteiger partial charge in [-0.05, 0) is 43.2 Å². The van der Waals surface area contributed by atoms with Gasteiger partial charge in [-0.15, -0.1) is 0 Å². The van der Waals surface area contributed by atoms with Crippen LogP contribution in [0.15, 0.2) is 36.4 Å². The van der Waals surface area contributed by atoms with Gasteiger partial charge in [0.1, 0.15) is 11.6 Å². The second kappa shape index (κ2) is 10.9. The molecule has 1 fully saturated rings. The van der Waals surface area contributed by atoms with Gasteiger partial charge in [0.05, 0.1) is 22.2 Å². The van der Waals surface area contributed by atoms with Crippen LogP contribution in [0.1, 0.15) is 24.0 Å². The summed E-state index contributed by atoms with van der Waals surface area (Å²) in [5, 5.41) is 7.43. The Morgan fingerprint density at radius 3 is 2.17 bits per heavy atom. The van der Waals surface area contributed by atoms with Gasteiger partial charge >= 0.3 is 12.4 Å². The monoisotopic (exact) mass is 541 g/mol. The molecule has 6 nitrogen and oxygen atoms in total. The van der Waals surface area contributed by atoms with Crippen LogP contribution in [0.2, 0.25) is 5.02 Å². The fraction of sp³-hybridized carbons (Fsp3) is 0.364. The summed E-state index contributed by atoms with van der Waals surface area (Å²) in [7, 11) is 0. The number of anilines is 1. The molecule has 2 aromatic rings. The lowest BCUT2D eigenvalue weighted by molar-refractivity contribution is -0.143. The van der Waals surface area contributed by atoms with Crippen molar-refractivity contribution in [2.24, 2.45) is 0 Å². The van der Waals surface area contributed by atoms with Crippen LogP contribution in [-0.2, 0) is 21.9 Å². The highest BCUT2D eigenvalue weighted by Gasteiger charge is 2.37. The molecule has 1 heterocycles. The molecule has 2 aromatic carbocycles. The lowest BCUT2D eigenvalue weighted by atomic mass is 9.99. The van der Waals surface area contributed by atoms with E-state index in [0.717, 1.165) is 6.07 Å². The van der Waals surface area contributed by atoms with Crippen molar-refractivity contribution >= 4 is 29.1 Å². The lowest BCUT2D eigenvalue weighted by Gasteiger charge is -2.29. The molecule has 196 valence electrons. The summed E-state index contributed by atoms with van der Waals surface area (Å²) in [6.07, 6.45) is -9.64. The zero-order valence-electron chi connectivity index (χ0n) is 18.2. The fourth-order valence-corrected chi connectivity index (χ4v) is 3.56. The Kier molecular flexibility index (Phi) is 8.34. The van der Waals surface area contributed by atoms with E-state index in [9.17, 15) is 40.3 Å². The number of amides is 2. The number of hydrogen-bond acceptors (Lipinski definition) is 4. The molecule has 2 atom stereocenters. The Bertz CT molecular complexity index is 1080. The van der Waals surface area contributed by atoms with E-state index in [2.05, 4.69) is 16.0 Å². The molecule has 1 saturated heterocycles. The summed E-state index contributed by atoms with van der Waals surface area (Å²) in [5.74, 6) is -1.96. The first-order chi connectivity index (χ1) is 16.7. The predicted molar refractivity (Wildman–Crippen MR) is 115 cm³/mol. The van der Waals surface area contributed by atoms with E-state index in [1.54, 1.807) is 0 Å². The van der Waals surface area contributed by atoms with Crippen molar-refractivity contribution in [2.45, 2.75) is 37.3 Å². The second-order valence-corrected chi connectivity index (χ2v) is 8.36. The minimum Gasteiger partial charge on any atom is -0.484 e. The Morgan fingerprint density at radius 2 is 1.64 bits per heavy atom. The molecule has 0 bridgehead atoms. The van der Waals surface area contributed by atoms with Gasteiger partial charge in [-0.2, -0.15) is 26.3 Å². The summed E-state index contributed by atoms with van der Waals surface area (Å²) < 4.78 is 96.6. The van der Waals surface area contributed by atoms with Crippen LogP contribution in [0.5, 0.6) is 5.75 Å². The normalized spacial score (nSPS) is 18.4. The molecule has 0 spiro atoms. The number of ether oxygens (including phenoxy) is 1. The van der Waals surface area contributed by atoms with Crippen molar-refractivity contribution in [3.63, 3.8) is 0 Å². The van der Waals surface area contributed by atoms with E-state index in [1.165, 1.54) is 12.1 Å². The van der Waals surface area contributed by atoms with E-state index in [4.69, 9.17) is 16.3 Å². The quantitative estimate of drug-likeness (QED) is 0.460. The van der Waals surface area contributed by atoms with Gasteiger partial charge in [0.2, 0.25) is 5.91 Å². The van der Waals surface area contributed by atoms with E-state index in [-0.39, 0.29) is 29.8 Å². The predicted octanol–water partition coefficient (Wildman–Crippen LogP) is 4.77. The number of nitrogens with one attached hydrogen (secondary N) is 3. The molecule has 0 saturated carbocycles. The van der Waals surface area contributed by atoms with Crippen LogP contribution in [0, 0.1) is 5.82 Å². The van der Waals surface area contributed by atoms with Crippen LogP contribution < -0.4 is 20.7 Å². The van der Waals surface area contributed by atoms with Crippen LogP contribution in [0.4, 0.5) is 36.4 Å². The van der Waals surface area contributed by atoms with Crippen molar-refractivity contribution in [3.05, 3.63) is 58.4 Å². The number of hydrogen-bond donors (Lipinski definition) is 3. The third kappa shape index (κ3) is 7.47. The summed E-state index contributed by atoms with van der Waals surface area (Å²) in [4.78, 5) is 24.5. The van der Waals surface area contributed by atoms with E-state index >= 15 is 0 Å². The Balaban J connectivity index is 1.52. The molecule has 3 N–H and O–H groups in total. The highest BCUT2D eigenvalue weighted by atomic mass is 35.5. The number of rotatable bonds is 6. The zero-order chi connectivity index (χ0) is 26.7. The van der Waals surface area contributed by atoms with Gasteiger partial charge in [0.15, 0.2) is 6.61 Å². The molecular weight excluding hydrogens is 523 g/mol. The molecule has 14 heteroatoms. The molecule has 2 amide bonds. The molecule has 0 radical (unpaired) electrons. The van der Waals surface area contributed by atoms with Gasteiger partial charge in [0, 0.05) is 24.3 Å². The molecular formula is C22H19ClF7N3O3. The minimum absolute atomic E-state index is 0.0328. The molecule has 0 aliphatic carbocycles. The zero-order valence-corrected chi connectivity index (χ0v) is 19.0. The van der Waals surface area contributed by atoms with E-state index in [1.807, 2.05) is 0 Å². The van der Waals surface area contributed by atoms with Crippen molar-refractivity contribution in [1.29, 1.82) is 0 Å². The molecule has 36 heavy (non-hydrogen) atoms. The molecule has 0 unspecified atom stereocenters. The highest BCUT2D eigenvalue weighted by Crippen LogP contribution is 2.37. The fourth-order valence-electron chi connectivity index (χ4n) is 3.44. The largest absolute Gasteiger partial charge is 0.484 e. The molecule has 1 aliphatic heterocycles. The van der Waals surface area contributed by atoms with E-state index < -0.39 is 65.5 Å². The van der Waals surface area contributed by atoms with Crippen LogP contribution in [-0.4, -0.2) is 37.0 Å². The number of benzene rings is 2. The standard InChI is InChI=1S/C22H19ClF7N3O3/c23-16-3-2-15(8-17(16)24)36-10-19(34)32-13-1-4-18(31-9-13)20(35)33-14-6-11(21(25,26)27)5-12(7-14)22(28,29)30/h2-3,5-8,13,18,31H,1,4,9-10H2,(H,32,34)(H,33,35)/t13-,18+/m0/s1. The number of alkyl halides is 6. The smallest absolute Gasteiger partial charge is 0.416 e. The third-order valence-corrected chi connectivity index (χ3v) is 5.52. The average molecular weight is 542 g/mol. The SMILES string of the molecule is O=C(COc1ccc(Cl)c(F)c1)N[C@H]1CC[C@H](C(=O)Nc2cc(C(F)(F)F)cc(C(F)(F)F)c2)NC1. The highest BCUT2D eigenvalue weighted by molar-refractivity contribution is 6.30. The van der Waals surface area contributed by atoms with Gasteiger partial charge in [-0.25, -0.2) is 4.39 Å². The number of halogens is 8. The first-order valence-corrected chi connectivity index (χ1v) is 10.8. The third-order valence-electron chi connectivity index (χ3n) is 5.21. The topological polar surface area (TPSA) is 79.5 Å². The average Bonchev–Trinajstić information content (AvgIpc) is 2.79. The maximum atomic E-state index is 13.4. The number of carbonyl (C=O) groups is 2. The summed E-state index contributed by atoms with van der Waals surface area (Å²) >= 11 is 5.57. The molecule has 3 rings (SSSR count). The summed E-state index contributed by atoms with van der Waals surface area (Å²) in [6, 6.07) is 3.15. The summed E-state index contributed by atoms with van der Waals surface area (Å²) in [6.45, 7) is -0.311. The Labute approximate surface area is 205 Å². The van der Waals surface area contributed by atoms with Gasteiger partial charge in [-0.3, -0.25) is 9.59 Å². The molecule has 0 aromatic heterocycles. The van der Waals surface area contributed by atoms with Crippen molar-refractivity contribution < 1.29 is 45.1 Å². The lowest BCUT2D eigenvalue weighted by Crippen LogP contribution is -2.53. The van der Waals surface area contributed by atoms with Gasteiger partial charge < -0.3 is 20.7 Å². The van der Waals surface area contributed by atoms with Crippen molar-refractivity contribution in [2.75, 3.05) is 18.5 Å². The maximum absolute atomic E-state index is 13.4.